The summed E-state index contributed by atoms with van der Waals surface area (Å²) in [5.74, 6) is 0.521. The molecule has 0 unspecified atom stereocenters. The Morgan fingerprint density at radius 2 is 2.05 bits per heavy atom. The van der Waals surface area contributed by atoms with E-state index in [2.05, 4.69) is 0 Å². The van der Waals surface area contributed by atoms with Crippen molar-refractivity contribution in [3.63, 3.8) is 0 Å². The molecule has 0 aromatic carbocycles. The average Bonchev–Trinajstić information content (AvgIpc) is 2.98. The van der Waals surface area contributed by atoms with Gasteiger partial charge in [0.1, 0.15) is 0 Å². The maximum Gasteiger partial charge on any atom is 0.243 e. The normalized spacial score (nSPS) is 17.5. The molecular formula is C13H22N2O2S2. The zero-order valence-electron chi connectivity index (χ0n) is 11.6. The van der Waals surface area contributed by atoms with E-state index in [1.165, 1.54) is 28.5 Å². The standard InChI is InChI=1S/C13H22N2O2S2/c1-10-13(7-12(8-14)18-10)19(16,17)15(2)9-11-5-3-4-6-11/h7,11H,3-6,8-9,14H2,1-2H3. The lowest BCUT2D eigenvalue weighted by Gasteiger charge is -2.20. The lowest BCUT2D eigenvalue weighted by molar-refractivity contribution is 0.387. The van der Waals surface area contributed by atoms with Crippen LogP contribution >= 0.6 is 11.3 Å². The number of hydrogen-bond donors (Lipinski definition) is 1. The zero-order chi connectivity index (χ0) is 14.0. The topological polar surface area (TPSA) is 63.4 Å². The fourth-order valence-corrected chi connectivity index (χ4v) is 5.43. The van der Waals surface area contributed by atoms with Crippen molar-refractivity contribution in [3.05, 3.63) is 15.8 Å². The molecule has 19 heavy (non-hydrogen) atoms. The fourth-order valence-electron chi connectivity index (χ4n) is 2.70. The van der Waals surface area contributed by atoms with E-state index in [9.17, 15) is 8.42 Å². The molecule has 1 aromatic heterocycles. The van der Waals surface area contributed by atoms with Crippen LogP contribution in [-0.2, 0) is 16.6 Å². The van der Waals surface area contributed by atoms with Gasteiger partial charge in [0.05, 0.1) is 4.90 Å². The molecular weight excluding hydrogens is 280 g/mol. The summed E-state index contributed by atoms with van der Waals surface area (Å²) in [6, 6.07) is 1.72. The second kappa shape index (κ2) is 5.91. The van der Waals surface area contributed by atoms with E-state index in [-0.39, 0.29) is 0 Å². The fraction of sp³-hybridized carbons (Fsp3) is 0.692. The second-order valence-electron chi connectivity index (χ2n) is 5.27. The lowest BCUT2D eigenvalue weighted by atomic mass is 10.1. The average molecular weight is 302 g/mol. The van der Waals surface area contributed by atoms with Crippen LogP contribution < -0.4 is 5.73 Å². The van der Waals surface area contributed by atoms with Gasteiger partial charge in [0.2, 0.25) is 10.0 Å². The second-order valence-corrected chi connectivity index (χ2v) is 8.63. The highest BCUT2D eigenvalue weighted by Crippen LogP contribution is 2.30. The first-order valence-corrected chi connectivity index (χ1v) is 8.96. The predicted molar refractivity (Wildman–Crippen MR) is 78.7 cm³/mol. The quantitative estimate of drug-likeness (QED) is 0.908. The van der Waals surface area contributed by atoms with E-state index in [4.69, 9.17) is 5.73 Å². The highest BCUT2D eigenvalue weighted by molar-refractivity contribution is 7.89. The summed E-state index contributed by atoms with van der Waals surface area (Å²) >= 11 is 1.47. The molecule has 0 atom stereocenters. The Hall–Kier alpha value is -0.430. The van der Waals surface area contributed by atoms with Crippen LogP contribution in [0, 0.1) is 12.8 Å². The minimum atomic E-state index is -3.36. The van der Waals surface area contributed by atoms with Crippen LogP contribution in [-0.4, -0.2) is 26.3 Å². The van der Waals surface area contributed by atoms with E-state index in [0.717, 1.165) is 22.6 Å². The first-order valence-electron chi connectivity index (χ1n) is 6.71. The lowest BCUT2D eigenvalue weighted by Crippen LogP contribution is -2.31. The minimum absolute atomic E-state index is 0.396. The Kier molecular flexibility index (Phi) is 4.66. The summed E-state index contributed by atoms with van der Waals surface area (Å²) in [6.07, 6.45) is 4.76. The molecule has 2 N–H and O–H groups in total. The molecule has 0 amide bonds. The number of sulfonamides is 1. The number of thiophene rings is 1. The maximum absolute atomic E-state index is 12.6. The molecule has 6 heteroatoms. The van der Waals surface area contributed by atoms with Crippen LogP contribution in [0.3, 0.4) is 0 Å². The third kappa shape index (κ3) is 3.18. The van der Waals surface area contributed by atoms with Crippen molar-refractivity contribution >= 4 is 21.4 Å². The van der Waals surface area contributed by atoms with Crippen molar-refractivity contribution < 1.29 is 8.42 Å². The molecule has 0 aliphatic heterocycles. The number of nitrogens with two attached hydrogens (primary N) is 1. The molecule has 4 nitrogen and oxygen atoms in total. The van der Waals surface area contributed by atoms with Gasteiger partial charge in [-0.3, -0.25) is 0 Å². The molecule has 108 valence electrons. The Morgan fingerprint density at radius 3 is 2.58 bits per heavy atom. The zero-order valence-corrected chi connectivity index (χ0v) is 13.2. The predicted octanol–water partition coefficient (Wildman–Crippen LogP) is 2.33. The molecule has 2 rings (SSSR count). The Bertz CT molecular complexity index is 531. The van der Waals surface area contributed by atoms with E-state index in [1.54, 1.807) is 13.1 Å². The van der Waals surface area contributed by atoms with Gasteiger partial charge in [-0.25, -0.2) is 12.7 Å². The molecule has 1 aliphatic rings. The van der Waals surface area contributed by atoms with Crippen molar-refractivity contribution in [2.45, 2.75) is 44.0 Å². The van der Waals surface area contributed by atoms with Gasteiger partial charge in [0.25, 0.3) is 0 Å². The summed E-state index contributed by atoms with van der Waals surface area (Å²) < 4.78 is 26.6. The summed E-state index contributed by atoms with van der Waals surface area (Å²) in [5, 5.41) is 0. The largest absolute Gasteiger partial charge is 0.326 e. The third-order valence-corrected chi connectivity index (χ3v) is 6.95. The molecule has 0 spiro atoms. The van der Waals surface area contributed by atoms with Crippen LogP contribution in [0.2, 0.25) is 0 Å². The molecule has 0 bridgehead atoms. The number of rotatable bonds is 5. The van der Waals surface area contributed by atoms with Gasteiger partial charge in [0, 0.05) is 29.9 Å². The molecule has 0 saturated heterocycles. The van der Waals surface area contributed by atoms with Crippen molar-refractivity contribution in [1.29, 1.82) is 0 Å². The molecule has 1 saturated carbocycles. The Balaban J connectivity index is 2.17. The summed E-state index contributed by atoms with van der Waals surface area (Å²) in [5.41, 5.74) is 5.59. The van der Waals surface area contributed by atoms with Crippen LogP contribution in [0.15, 0.2) is 11.0 Å². The van der Waals surface area contributed by atoms with E-state index >= 15 is 0 Å². The van der Waals surface area contributed by atoms with Gasteiger partial charge in [-0.1, -0.05) is 12.8 Å². The van der Waals surface area contributed by atoms with E-state index in [1.807, 2.05) is 6.92 Å². The number of aryl methyl sites for hydroxylation is 1. The van der Waals surface area contributed by atoms with Crippen molar-refractivity contribution in [3.8, 4) is 0 Å². The first-order chi connectivity index (χ1) is 8.95. The molecule has 0 radical (unpaired) electrons. The number of hydrogen-bond acceptors (Lipinski definition) is 4. The van der Waals surface area contributed by atoms with Crippen LogP contribution in [0.4, 0.5) is 0 Å². The Morgan fingerprint density at radius 1 is 1.42 bits per heavy atom. The SMILES string of the molecule is Cc1sc(CN)cc1S(=O)(=O)N(C)CC1CCCC1. The highest BCUT2D eigenvalue weighted by Gasteiger charge is 2.27. The van der Waals surface area contributed by atoms with Crippen LogP contribution in [0.25, 0.3) is 0 Å². The van der Waals surface area contributed by atoms with Crippen molar-refractivity contribution in [2.75, 3.05) is 13.6 Å². The third-order valence-electron chi connectivity index (χ3n) is 3.80. The maximum atomic E-state index is 12.6. The van der Waals surface area contributed by atoms with Gasteiger partial charge < -0.3 is 5.73 Å². The van der Waals surface area contributed by atoms with Gasteiger partial charge in [-0.15, -0.1) is 11.3 Å². The summed E-state index contributed by atoms with van der Waals surface area (Å²) in [6.45, 7) is 2.88. The van der Waals surface area contributed by atoms with Crippen molar-refractivity contribution in [1.82, 2.24) is 4.31 Å². The summed E-state index contributed by atoms with van der Waals surface area (Å²) in [7, 11) is -1.67. The number of nitrogens with zero attached hydrogens (tertiary/aromatic N) is 1. The van der Waals surface area contributed by atoms with Gasteiger partial charge >= 0.3 is 0 Å². The van der Waals surface area contributed by atoms with Crippen LogP contribution in [0.5, 0.6) is 0 Å². The van der Waals surface area contributed by atoms with Gasteiger partial charge in [0.15, 0.2) is 0 Å². The first kappa shape index (κ1) is 15.0. The monoisotopic (exact) mass is 302 g/mol. The molecule has 1 fully saturated rings. The summed E-state index contributed by atoms with van der Waals surface area (Å²) in [4.78, 5) is 2.18. The van der Waals surface area contributed by atoms with Gasteiger partial charge in [-0.2, -0.15) is 0 Å². The minimum Gasteiger partial charge on any atom is -0.326 e. The Labute approximate surface area is 119 Å². The smallest absolute Gasteiger partial charge is 0.243 e. The van der Waals surface area contributed by atoms with Crippen LogP contribution in [0.1, 0.15) is 35.4 Å². The van der Waals surface area contributed by atoms with E-state index < -0.39 is 10.0 Å². The van der Waals surface area contributed by atoms with Crippen molar-refractivity contribution in [2.24, 2.45) is 11.7 Å². The molecule has 1 heterocycles. The van der Waals surface area contributed by atoms with E-state index in [0.29, 0.717) is 23.9 Å². The highest BCUT2D eigenvalue weighted by atomic mass is 32.2. The molecule has 1 aliphatic carbocycles. The molecule has 1 aromatic rings. The van der Waals surface area contributed by atoms with Gasteiger partial charge in [-0.05, 0) is 31.7 Å².